The summed E-state index contributed by atoms with van der Waals surface area (Å²) in [6.45, 7) is 6.99. The molecule has 5 rings (SSSR count). The fourth-order valence-corrected chi connectivity index (χ4v) is 4.19. The molecule has 4 aromatic rings. The number of benzene rings is 1. The van der Waals surface area contributed by atoms with Crippen LogP contribution in [0.3, 0.4) is 0 Å². The molecule has 1 aromatic carbocycles. The molecule has 0 atom stereocenters. The number of fused-ring (bicyclic) bond motifs is 2. The first-order valence-corrected chi connectivity index (χ1v) is 10.9. The summed E-state index contributed by atoms with van der Waals surface area (Å²) in [5.41, 5.74) is 3.51. The Morgan fingerprint density at radius 1 is 1.16 bits per heavy atom. The van der Waals surface area contributed by atoms with E-state index < -0.39 is 0 Å². The second-order valence-electron chi connectivity index (χ2n) is 7.58. The highest BCUT2D eigenvalue weighted by atomic mass is 32.1. The Morgan fingerprint density at radius 3 is 2.71 bits per heavy atom. The third kappa shape index (κ3) is 3.61. The summed E-state index contributed by atoms with van der Waals surface area (Å²) in [5.74, 6) is 1.14. The van der Waals surface area contributed by atoms with Gasteiger partial charge in [0.2, 0.25) is 0 Å². The summed E-state index contributed by atoms with van der Waals surface area (Å²) in [4.78, 5) is 22.4. The minimum absolute atomic E-state index is 0.0954. The number of ether oxygens (including phenoxy) is 2. The Morgan fingerprint density at radius 2 is 1.97 bits per heavy atom. The van der Waals surface area contributed by atoms with Crippen molar-refractivity contribution in [1.29, 1.82) is 0 Å². The SMILES string of the molecule is Cc1csc(NC(=O)c2cc(-c3ccc4c(c3)OCCO4)nc3c2cnn3C(C)C)n1. The number of nitrogens with one attached hydrogen (secondary N) is 1. The van der Waals surface area contributed by atoms with Crippen molar-refractivity contribution in [3.8, 4) is 22.8 Å². The number of carbonyl (C=O) groups excluding carboxylic acids is 1. The lowest BCUT2D eigenvalue weighted by Crippen LogP contribution is -2.15. The first-order valence-electron chi connectivity index (χ1n) is 10.0. The second-order valence-corrected chi connectivity index (χ2v) is 8.44. The van der Waals surface area contributed by atoms with Gasteiger partial charge in [0.15, 0.2) is 22.3 Å². The molecule has 0 unspecified atom stereocenters. The van der Waals surface area contributed by atoms with Crippen LogP contribution in [-0.4, -0.2) is 38.9 Å². The Bertz CT molecular complexity index is 1290. The van der Waals surface area contributed by atoms with Gasteiger partial charge in [-0.1, -0.05) is 0 Å². The normalized spacial score (nSPS) is 13.0. The summed E-state index contributed by atoms with van der Waals surface area (Å²) in [6.07, 6.45) is 1.69. The van der Waals surface area contributed by atoms with E-state index >= 15 is 0 Å². The van der Waals surface area contributed by atoms with Gasteiger partial charge in [0.1, 0.15) is 13.2 Å². The smallest absolute Gasteiger partial charge is 0.258 e. The number of thiazole rings is 1. The lowest BCUT2D eigenvalue weighted by Gasteiger charge is -2.19. The van der Waals surface area contributed by atoms with Crippen molar-refractivity contribution >= 4 is 33.4 Å². The third-order valence-electron chi connectivity index (χ3n) is 4.98. The molecular weight excluding hydrogens is 414 g/mol. The van der Waals surface area contributed by atoms with Crippen molar-refractivity contribution in [3.05, 3.63) is 47.1 Å². The van der Waals surface area contributed by atoms with Crippen molar-refractivity contribution in [1.82, 2.24) is 19.7 Å². The molecule has 1 amide bonds. The van der Waals surface area contributed by atoms with Crippen molar-refractivity contribution < 1.29 is 14.3 Å². The topological polar surface area (TPSA) is 91.2 Å². The van der Waals surface area contributed by atoms with E-state index in [1.807, 2.05) is 49.0 Å². The first-order chi connectivity index (χ1) is 15.0. The monoisotopic (exact) mass is 435 g/mol. The van der Waals surface area contributed by atoms with Crippen LogP contribution in [0.1, 0.15) is 35.9 Å². The van der Waals surface area contributed by atoms with Gasteiger partial charge in [-0.25, -0.2) is 14.6 Å². The maximum Gasteiger partial charge on any atom is 0.258 e. The van der Waals surface area contributed by atoms with Crippen molar-refractivity contribution in [2.45, 2.75) is 26.8 Å². The molecule has 4 heterocycles. The predicted octanol–water partition coefficient (Wildman–Crippen LogP) is 4.47. The number of anilines is 1. The standard InChI is InChI=1S/C22H21N5O3S/c1-12(2)27-20-16(10-23-27)15(21(28)26-22-24-13(3)11-31-22)9-17(25-20)14-4-5-18-19(8-14)30-7-6-29-18/h4-5,8-12H,6-7H2,1-3H3,(H,24,26,28). The van der Waals surface area contributed by atoms with Gasteiger partial charge in [-0.05, 0) is 45.0 Å². The van der Waals surface area contributed by atoms with E-state index in [0.717, 1.165) is 11.3 Å². The number of hydrogen-bond donors (Lipinski definition) is 1. The number of hydrogen-bond acceptors (Lipinski definition) is 7. The molecule has 8 nitrogen and oxygen atoms in total. The molecule has 158 valence electrons. The molecule has 0 saturated heterocycles. The van der Waals surface area contributed by atoms with E-state index in [1.165, 1.54) is 11.3 Å². The average molecular weight is 436 g/mol. The third-order valence-corrected chi connectivity index (χ3v) is 5.85. The quantitative estimate of drug-likeness (QED) is 0.509. The number of aryl methyl sites for hydroxylation is 1. The van der Waals surface area contributed by atoms with Crippen LogP contribution < -0.4 is 14.8 Å². The molecule has 3 aromatic heterocycles. The van der Waals surface area contributed by atoms with E-state index in [2.05, 4.69) is 15.4 Å². The maximum atomic E-state index is 13.2. The average Bonchev–Trinajstić information content (AvgIpc) is 3.38. The van der Waals surface area contributed by atoms with Gasteiger partial charge in [0.25, 0.3) is 5.91 Å². The van der Waals surface area contributed by atoms with E-state index in [9.17, 15) is 4.79 Å². The van der Waals surface area contributed by atoms with Crippen LogP contribution in [0.4, 0.5) is 5.13 Å². The number of pyridine rings is 1. The first kappa shape index (κ1) is 19.5. The van der Waals surface area contributed by atoms with E-state index in [1.54, 1.807) is 12.3 Å². The largest absolute Gasteiger partial charge is 0.486 e. The molecule has 31 heavy (non-hydrogen) atoms. The summed E-state index contributed by atoms with van der Waals surface area (Å²) in [7, 11) is 0. The van der Waals surface area contributed by atoms with Crippen LogP contribution in [0.2, 0.25) is 0 Å². The minimum atomic E-state index is -0.246. The Balaban J connectivity index is 1.63. The van der Waals surface area contributed by atoms with Crippen molar-refractivity contribution in [2.24, 2.45) is 0 Å². The maximum absolute atomic E-state index is 13.2. The van der Waals surface area contributed by atoms with E-state index in [4.69, 9.17) is 14.5 Å². The van der Waals surface area contributed by atoms with Crippen molar-refractivity contribution in [3.63, 3.8) is 0 Å². The van der Waals surface area contributed by atoms with Gasteiger partial charge in [0.05, 0.1) is 28.5 Å². The molecule has 0 radical (unpaired) electrons. The number of nitrogens with zero attached hydrogens (tertiary/aromatic N) is 4. The molecule has 1 N–H and O–H groups in total. The molecule has 0 bridgehead atoms. The molecule has 1 aliphatic heterocycles. The summed E-state index contributed by atoms with van der Waals surface area (Å²) >= 11 is 1.39. The van der Waals surface area contributed by atoms with Crippen LogP contribution in [0.25, 0.3) is 22.3 Å². The Kier molecular flexibility index (Phi) is 4.82. The number of carbonyl (C=O) groups is 1. The van der Waals surface area contributed by atoms with Gasteiger partial charge in [-0.15, -0.1) is 11.3 Å². The number of amides is 1. The summed E-state index contributed by atoms with van der Waals surface area (Å²) < 4.78 is 13.2. The highest BCUT2D eigenvalue weighted by Gasteiger charge is 2.20. The van der Waals surface area contributed by atoms with Crippen molar-refractivity contribution in [2.75, 3.05) is 18.5 Å². The Hall–Kier alpha value is -3.46. The molecular formula is C22H21N5O3S. The minimum Gasteiger partial charge on any atom is -0.486 e. The van der Waals surface area contributed by atoms with Crippen LogP contribution >= 0.6 is 11.3 Å². The number of rotatable bonds is 4. The van der Waals surface area contributed by atoms with Gasteiger partial charge in [-0.3, -0.25) is 10.1 Å². The number of aromatic nitrogens is 4. The van der Waals surface area contributed by atoms with Crippen LogP contribution in [0, 0.1) is 6.92 Å². The van der Waals surface area contributed by atoms with E-state index in [0.29, 0.717) is 52.1 Å². The predicted molar refractivity (Wildman–Crippen MR) is 119 cm³/mol. The van der Waals surface area contributed by atoms with Crippen LogP contribution in [-0.2, 0) is 0 Å². The molecule has 0 spiro atoms. The Labute approximate surface area is 182 Å². The fraction of sp³-hybridized carbons (Fsp3) is 0.273. The summed E-state index contributed by atoms with van der Waals surface area (Å²) in [6, 6.07) is 7.57. The van der Waals surface area contributed by atoms with Gasteiger partial charge in [0, 0.05) is 17.0 Å². The zero-order chi connectivity index (χ0) is 21.5. The van der Waals surface area contributed by atoms with Gasteiger partial charge in [-0.2, -0.15) is 5.10 Å². The molecule has 0 saturated carbocycles. The summed E-state index contributed by atoms with van der Waals surface area (Å²) in [5, 5.41) is 10.5. The lowest BCUT2D eigenvalue weighted by atomic mass is 10.1. The molecule has 0 aliphatic carbocycles. The van der Waals surface area contributed by atoms with Gasteiger partial charge >= 0.3 is 0 Å². The molecule has 9 heteroatoms. The zero-order valence-electron chi connectivity index (χ0n) is 17.4. The highest BCUT2D eigenvalue weighted by molar-refractivity contribution is 7.13. The fourth-order valence-electron chi connectivity index (χ4n) is 3.51. The highest BCUT2D eigenvalue weighted by Crippen LogP contribution is 2.35. The van der Waals surface area contributed by atoms with Crippen LogP contribution in [0.15, 0.2) is 35.8 Å². The molecule has 0 fully saturated rings. The lowest BCUT2D eigenvalue weighted by molar-refractivity contribution is 0.102. The zero-order valence-corrected chi connectivity index (χ0v) is 18.2. The second kappa shape index (κ2) is 7.66. The van der Waals surface area contributed by atoms with Crippen LogP contribution in [0.5, 0.6) is 11.5 Å². The molecule has 1 aliphatic rings. The van der Waals surface area contributed by atoms with E-state index in [-0.39, 0.29) is 11.9 Å². The van der Waals surface area contributed by atoms with Gasteiger partial charge < -0.3 is 9.47 Å².